The lowest BCUT2D eigenvalue weighted by Crippen LogP contribution is -2.53. The quantitative estimate of drug-likeness (QED) is 0.608. The second-order valence-electron chi connectivity index (χ2n) is 8.05. The normalized spacial score (nSPS) is 36.4. The summed E-state index contributed by atoms with van der Waals surface area (Å²) in [4.78, 5) is 24.1. The Bertz CT molecular complexity index is 735. The summed E-state index contributed by atoms with van der Waals surface area (Å²) >= 11 is 9.42. The van der Waals surface area contributed by atoms with Gasteiger partial charge in [0.15, 0.2) is 0 Å². The van der Waals surface area contributed by atoms with E-state index in [-0.39, 0.29) is 35.3 Å². The average molecular weight is 453 g/mol. The monoisotopic (exact) mass is 452 g/mol. The number of carboxylic acids is 2. The molecule has 0 radical (unpaired) electrons. The zero-order valence-electron chi connectivity index (χ0n) is 15.4. The summed E-state index contributed by atoms with van der Waals surface area (Å²) in [6.45, 7) is 1.45. The molecule has 3 rings (SSSR count). The molecule has 9 heteroatoms. The van der Waals surface area contributed by atoms with Gasteiger partial charge in [-0.25, -0.2) is 8.78 Å². The highest BCUT2D eigenvalue weighted by Crippen LogP contribution is 2.58. The molecule has 0 aromatic heterocycles. The molecule has 4 nitrogen and oxygen atoms in total. The zero-order chi connectivity index (χ0) is 20.7. The van der Waals surface area contributed by atoms with E-state index in [0.717, 1.165) is 17.9 Å². The Morgan fingerprint density at radius 2 is 1.79 bits per heavy atom. The average Bonchev–Trinajstić information content (AvgIpc) is 2.61. The van der Waals surface area contributed by atoms with Crippen molar-refractivity contribution < 1.29 is 28.6 Å². The number of hydrogen-bond donors (Lipinski definition) is 2. The molecule has 2 fully saturated rings. The molecule has 0 aromatic carbocycles. The van der Waals surface area contributed by atoms with Crippen molar-refractivity contribution in [1.29, 1.82) is 0 Å². The van der Waals surface area contributed by atoms with Crippen LogP contribution in [0.15, 0.2) is 22.8 Å². The molecule has 28 heavy (non-hydrogen) atoms. The van der Waals surface area contributed by atoms with Crippen LogP contribution in [0.1, 0.15) is 39.0 Å². The van der Waals surface area contributed by atoms with Crippen LogP contribution in [0, 0.1) is 16.7 Å². The minimum absolute atomic E-state index is 0.0195. The molecule has 0 amide bonds. The van der Waals surface area contributed by atoms with Crippen LogP contribution >= 0.6 is 35.1 Å². The van der Waals surface area contributed by atoms with Gasteiger partial charge in [-0.2, -0.15) is 0 Å². The van der Waals surface area contributed by atoms with E-state index in [9.17, 15) is 19.8 Å². The molecule has 3 atom stereocenters. The lowest BCUT2D eigenvalue weighted by Gasteiger charge is -2.48. The number of carbonyl (C=O) groups is 2. The maximum atomic E-state index is 15.1. The van der Waals surface area contributed by atoms with Crippen molar-refractivity contribution in [3.63, 3.8) is 0 Å². The third-order valence-corrected chi connectivity index (χ3v) is 9.34. The van der Waals surface area contributed by atoms with Crippen LogP contribution in [-0.4, -0.2) is 44.2 Å². The van der Waals surface area contributed by atoms with Gasteiger partial charge >= 0.3 is 11.9 Å². The number of rotatable bonds is 4. The van der Waals surface area contributed by atoms with Crippen LogP contribution in [0.4, 0.5) is 8.78 Å². The number of aliphatic carboxylic acids is 2. The van der Waals surface area contributed by atoms with Crippen LogP contribution in [0.3, 0.4) is 0 Å². The molecule has 3 unspecified atom stereocenters. The standard InChI is InChI=1S/C19H23ClF2O4S2/c1-17(15(23)24)4-2-5-18(10-17,16(25)26)13-8-11(12(20)9-19(13,21)22)14-27-6-3-7-28-14/h8-9,13-14H,2-7,10H2,1H3,(H,23,24)(H,25,26). The number of allylic oxidation sites excluding steroid dienone is 3. The molecule has 1 saturated heterocycles. The van der Waals surface area contributed by atoms with Gasteiger partial charge in [0.1, 0.15) is 0 Å². The van der Waals surface area contributed by atoms with Gasteiger partial charge in [-0.15, -0.1) is 23.5 Å². The van der Waals surface area contributed by atoms with Gasteiger partial charge < -0.3 is 10.2 Å². The van der Waals surface area contributed by atoms with Crippen molar-refractivity contribution in [3.05, 3.63) is 22.8 Å². The summed E-state index contributed by atoms with van der Waals surface area (Å²) in [5.74, 6) is -5.82. The van der Waals surface area contributed by atoms with Crippen molar-refractivity contribution in [2.45, 2.75) is 49.5 Å². The fourth-order valence-electron chi connectivity index (χ4n) is 4.53. The van der Waals surface area contributed by atoms with Crippen LogP contribution < -0.4 is 0 Å². The Labute approximate surface area is 176 Å². The van der Waals surface area contributed by atoms with Gasteiger partial charge in [0.05, 0.1) is 21.3 Å². The highest BCUT2D eigenvalue weighted by atomic mass is 35.5. The first-order valence-electron chi connectivity index (χ1n) is 9.20. The third-order valence-electron chi connectivity index (χ3n) is 6.03. The van der Waals surface area contributed by atoms with Crippen molar-refractivity contribution in [1.82, 2.24) is 0 Å². The van der Waals surface area contributed by atoms with E-state index in [1.54, 1.807) is 23.5 Å². The predicted octanol–water partition coefficient (Wildman–Crippen LogP) is 5.23. The van der Waals surface area contributed by atoms with Gasteiger partial charge in [-0.3, -0.25) is 9.59 Å². The highest BCUT2D eigenvalue weighted by Gasteiger charge is 2.61. The molecule has 2 aliphatic carbocycles. The lowest BCUT2D eigenvalue weighted by atomic mass is 9.56. The number of alkyl halides is 2. The SMILES string of the molecule is CC1(C(=O)O)CCCC(C(=O)O)(C2C=C(C3SCCCS3)C(Cl)=CC2(F)F)C1. The summed E-state index contributed by atoms with van der Waals surface area (Å²) in [6.07, 6.45) is 3.26. The smallest absolute Gasteiger partial charge is 0.310 e. The summed E-state index contributed by atoms with van der Waals surface area (Å²) in [6, 6.07) is 0. The van der Waals surface area contributed by atoms with Gasteiger partial charge in [0.2, 0.25) is 0 Å². The van der Waals surface area contributed by atoms with Gasteiger partial charge in [0, 0.05) is 11.1 Å². The van der Waals surface area contributed by atoms with E-state index in [0.29, 0.717) is 11.6 Å². The van der Waals surface area contributed by atoms with E-state index in [1.807, 2.05) is 0 Å². The van der Waals surface area contributed by atoms with Gasteiger partial charge in [-0.05, 0) is 49.7 Å². The Kier molecular flexibility index (Phi) is 6.15. The molecule has 0 aromatic rings. The van der Waals surface area contributed by atoms with Crippen molar-refractivity contribution in [2.24, 2.45) is 16.7 Å². The van der Waals surface area contributed by atoms with Crippen LogP contribution in [0.25, 0.3) is 0 Å². The first-order valence-corrected chi connectivity index (χ1v) is 11.7. The molecular formula is C19H23ClF2O4S2. The lowest BCUT2D eigenvalue weighted by molar-refractivity contribution is -0.174. The second-order valence-corrected chi connectivity index (χ2v) is 11.2. The maximum absolute atomic E-state index is 15.1. The van der Waals surface area contributed by atoms with E-state index in [4.69, 9.17) is 11.6 Å². The largest absolute Gasteiger partial charge is 0.481 e. The Balaban J connectivity index is 2.06. The van der Waals surface area contributed by atoms with Crippen molar-refractivity contribution in [3.8, 4) is 0 Å². The molecular weight excluding hydrogens is 430 g/mol. The minimum Gasteiger partial charge on any atom is -0.481 e. The number of thioether (sulfide) groups is 2. The summed E-state index contributed by atoms with van der Waals surface area (Å²) in [5.41, 5.74) is -2.66. The Morgan fingerprint density at radius 3 is 2.36 bits per heavy atom. The fourth-order valence-corrected chi connectivity index (χ4v) is 7.94. The van der Waals surface area contributed by atoms with Gasteiger partial charge in [-0.1, -0.05) is 24.1 Å². The van der Waals surface area contributed by atoms with Gasteiger partial charge in [0.25, 0.3) is 5.92 Å². The van der Waals surface area contributed by atoms with E-state index < -0.39 is 34.6 Å². The maximum Gasteiger partial charge on any atom is 0.310 e. The fraction of sp³-hybridized carbons (Fsp3) is 0.684. The zero-order valence-corrected chi connectivity index (χ0v) is 17.8. The highest BCUT2D eigenvalue weighted by molar-refractivity contribution is 8.17. The van der Waals surface area contributed by atoms with E-state index in [1.165, 1.54) is 13.0 Å². The Morgan fingerprint density at radius 1 is 1.14 bits per heavy atom. The first kappa shape index (κ1) is 22.0. The topological polar surface area (TPSA) is 74.6 Å². The first-order chi connectivity index (χ1) is 13.0. The summed E-state index contributed by atoms with van der Waals surface area (Å²) in [7, 11) is 0. The molecule has 156 valence electrons. The molecule has 1 heterocycles. The number of halogens is 3. The molecule has 3 aliphatic rings. The van der Waals surface area contributed by atoms with Crippen LogP contribution in [0.2, 0.25) is 0 Å². The van der Waals surface area contributed by atoms with Crippen molar-refractivity contribution in [2.75, 3.05) is 11.5 Å². The predicted molar refractivity (Wildman–Crippen MR) is 108 cm³/mol. The molecule has 1 aliphatic heterocycles. The van der Waals surface area contributed by atoms with Crippen LogP contribution in [0.5, 0.6) is 0 Å². The van der Waals surface area contributed by atoms with Crippen molar-refractivity contribution >= 4 is 47.1 Å². The molecule has 0 spiro atoms. The second kappa shape index (κ2) is 7.84. The Hall–Kier alpha value is -0.730. The molecule has 0 bridgehead atoms. The third kappa shape index (κ3) is 3.84. The molecule has 1 saturated carbocycles. The minimum atomic E-state index is -3.46. The number of carboxylic acid groups (broad SMARTS) is 2. The molecule has 2 N–H and O–H groups in total. The van der Waals surface area contributed by atoms with E-state index in [2.05, 4.69) is 0 Å². The van der Waals surface area contributed by atoms with Crippen LogP contribution in [-0.2, 0) is 9.59 Å². The number of hydrogen-bond acceptors (Lipinski definition) is 4. The summed E-state index contributed by atoms with van der Waals surface area (Å²) in [5, 5.41) is 19.6. The summed E-state index contributed by atoms with van der Waals surface area (Å²) < 4.78 is 30.0. The van der Waals surface area contributed by atoms with E-state index >= 15 is 8.78 Å².